The molecular weight excluding hydrogens is 501 g/mol. The van der Waals surface area contributed by atoms with E-state index in [1.165, 1.54) is 5.56 Å². The van der Waals surface area contributed by atoms with E-state index in [-0.39, 0.29) is 24.0 Å². The van der Waals surface area contributed by atoms with Gasteiger partial charge >= 0.3 is 0 Å². The highest BCUT2D eigenvalue weighted by atomic mass is 127. The van der Waals surface area contributed by atoms with Gasteiger partial charge in [0, 0.05) is 50.5 Å². The molecule has 1 saturated heterocycles. The van der Waals surface area contributed by atoms with Crippen LogP contribution in [0.3, 0.4) is 0 Å². The second-order valence-corrected chi connectivity index (χ2v) is 7.91. The fourth-order valence-electron chi connectivity index (χ4n) is 3.86. The van der Waals surface area contributed by atoms with Crippen LogP contribution in [0.2, 0.25) is 0 Å². The van der Waals surface area contributed by atoms with E-state index in [9.17, 15) is 0 Å². The predicted molar refractivity (Wildman–Crippen MR) is 138 cm³/mol. The lowest BCUT2D eigenvalue weighted by atomic mass is 9.97. The highest BCUT2D eigenvalue weighted by Crippen LogP contribution is 2.20. The van der Waals surface area contributed by atoms with Crippen LogP contribution >= 0.6 is 24.0 Å². The lowest BCUT2D eigenvalue weighted by Crippen LogP contribution is -2.51. The Hall–Kier alpha value is -1.87. The lowest BCUT2D eigenvalue weighted by molar-refractivity contribution is 0.134. The number of hydrogen-bond acceptors (Lipinski definition) is 4. The molecule has 3 rings (SSSR count). The summed E-state index contributed by atoms with van der Waals surface area (Å²) in [5.41, 5.74) is 2.42. The van der Waals surface area contributed by atoms with Crippen molar-refractivity contribution in [3.63, 3.8) is 0 Å². The molecule has 31 heavy (non-hydrogen) atoms. The summed E-state index contributed by atoms with van der Waals surface area (Å²) in [6, 6.07) is 15.7. The Balaban J connectivity index is 0.00000341. The maximum atomic E-state index is 5.76. The highest BCUT2D eigenvalue weighted by molar-refractivity contribution is 14.0. The molecule has 0 bridgehead atoms. The minimum absolute atomic E-state index is 0. The van der Waals surface area contributed by atoms with Crippen molar-refractivity contribution < 1.29 is 4.74 Å². The Morgan fingerprint density at radius 2 is 2.03 bits per heavy atom. The van der Waals surface area contributed by atoms with Gasteiger partial charge in [0.2, 0.25) is 5.88 Å². The first kappa shape index (κ1) is 25.4. The molecule has 2 N–H and O–H groups in total. The summed E-state index contributed by atoms with van der Waals surface area (Å²) in [6.45, 7) is 7.83. The van der Waals surface area contributed by atoms with Gasteiger partial charge in [-0.15, -0.1) is 24.0 Å². The van der Waals surface area contributed by atoms with Crippen molar-refractivity contribution in [3.8, 4) is 5.88 Å². The van der Waals surface area contributed by atoms with E-state index in [0.29, 0.717) is 31.1 Å². The van der Waals surface area contributed by atoms with Crippen molar-refractivity contribution in [2.45, 2.75) is 58.3 Å². The number of rotatable bonds is 8. The molecule has 2 aromatic rings. The average molecular weight is 537 g/mol. The van der Waals surface area contributed by atoms with Gasteiger partial charge < -0.3 is 15.4 Å². The Kier molecular flexibility index (Phi) is 11.1. The molecule has 2 heterocycles. The van der Waals surface area contributed by atoms with Gasteiger partial charge in [0.15, 0.2) is 5.96 Å². The van der Waals surface area contributed by atoms with Crippen molar-refractivity contribution in [1.82, 2.24) is 20.5 Å². The maximum Gasteiger partial charge on any atom is 0.218 e. The van der Waals surface area contributed by atoms with E-state index >= 15 is 0 Å². The second-order valence-electron chi connectivity index (χ2n) is 7.91. The number of nitrogens with one attached hydrogen (secondary N) is 2. The first-order chi connectivity index (χ1) is 14.7. The van der Waals surface area contributed by atoms with E-state index in [1.54, 1.807) is 6.20 Å². The number of likely N-dealkylation sites (tertiary alicyclic amines) is 1. The summed E-state index contributed by atoms with van der Waals surface area (Å²) >= 11 is 0. The van der Waals surface area contributed by atoms with E-state index in [2.05, 4.69) is 69.7 Å². The number of guanidine groups is 1. The number of hydrogen-bond donors (Lipinski definition) is 2. The number of benzene rings is 1. The number of piperidine rings is 1. The number of nitrogens with zero attached hydrogens (tertiary/aromatic N) is 3. The normalized spacial score (nSPS) is 19.4. The monoisotopic (exact) mass is 537 g/mol. The van der Waals surface area contributed by atoms with Crippen LogP contribution in [0.5, 0.6) is 5.88 Å². The number of ether oxygens (including phenoxy) is 1. The van der Waals surface area contributed by atoms with Gasteiger partial charge in [-0.2, -0.15) is 0 Å². The Bertz CT molecular complexity index is 802. The zero-order valence-corrected chi connectivity index (χ0v) is 21.2. The van der Waals surface area contributed by atoms with Gasteiger partial charge in [0.05, 0.1) is 6.61 Å². The first-order valence-electron chi connectivity index (χ1n) is 11.0. The third-order valence-corrected chi connectivity index (χ3v) is 5.55. The predicted octanol–water partition coefficient (Wildman–Crippen LogP) is 4.21. The van der Waals surface area contributed by atoms with Gasteiger partial charge in [-0.05, 0) is 37.8 Å². The van der Waals surface area contributed by atoms with Crippen LogP contribution in [0, 0.1) is 0 Å². The summed E-state index contributed by atoms with van der Waals surface area (Å²) in [6.07, 6.45) is 4.95. The van der Waals surface area contributed by atoms with E-state index in [0.717, 1.165) is 43.9 Å². The smallest absolute Gasteiger partial charge is 0.218 e. The van der Waals surface area contributed by atoms with Crippen LogP contribution < -0.4 is 15.4 Å². The zero-order chi connectivity index (χ0) is 21.2. The van der Waals surface area contributed by atoms with Crippen molar-refractivity contribution in [2.24, 2.45) is 4.99 Å². The van der Waals surface area contributed by atoms with Gasteiger partial charge in [0.25, 0.3) is 0 Å². The second kappa shape index (κ2) is 13.5. The summed E-state index contributed by atoms with van der Waals surface area (Å²) in [5.74, 6) is 1.53. The van der Waals surface area contributed by atoms with Crippen LogP contribution in [-0.4, -0.2) is 48.1 Å². The molecule has 0 saturated carbocycles. The molecular formula is C24H36IN5O. The molecule has 2 atom stereocenters. The summed E-state index contributed by atoms with van der Waals surface area (Å²) < 4.78 is 5.76. The van der Waals surface area contributed by atoms with Gasteiger partial charge in [0.1, 0.15) is 0 Å². The molecule has 1 fully saturated rings. The summed E-state index contributed by atoms with van der Waals surface area (Å²) in [4.78, 5) is 11.3. The Labute approximate surface area is 203 Å². The topological polar surface area (TPSA) is 61.8 Å². The standard InChI is InChI=1S/C24H35N5O.HI/c1-4-15-30-23-21(11-8-13-26-23)17-27-24(25-3)28-22-12-14-29(19(2)16-22)18-20-9-6-5-7-10-20;/h5-11,13,19,22H,4,12,14-18H2,1-3H3,(H2,25,27,28);1H. The lowest BCUT2D eigenvalue weighted by Gasteiger charge is -2.38. The van der Waals surface area contributed by atoms with Crippen molar-refractivity contribution in [2.75, 3.05) is 20.2 Å². The third kappa shape index (κ3) is 7.96. The molecule has 170 valence electrons. The van der Waals surface area contributed by atoms with Gasteiger partial charge in [-0.1, -0.05) is 43.3 Å². The van der Waals surface area contributed by atoms with Crippen LogP contribution in [-0.2, 0) is 13.1 Å². The molecule has 6 nitrogen and oxygen atoms in total. The highest BCUT2D eigenvalue weighted by Gasteiger charge is 2.26. The van der Waals surface area contributed by atoms with Crippen molar-refractivity contribution in [1.29, 1.82) is 0 Å². The van der Waals surface area contributed by atoms with E-state index in [1.807, 2.05) is 19.2 Å². The number of aromatic nitrogens is 1. The Morgan fingerprint density at radius 3 is 2.74 bits per heavy atom. The zero-order valence-electron chi connectivity index (χ0n) is 18.9. The summed E-state index contributed by atoms with van der Waals surface area (Å²) in [7, 11) is 1.82. The van der Waals surface area contributed by atoms with Gasteiger partial charge in [-0.3, -0.25) is 9.89 Å². The molecule has 1 aromatic heterocycles. The van der Waals surface area contributed by atoms with E-state index < -0.39 is 0 Å². The summed E-state index contributed by atoms with van der Waals surface area (Å²) in [5, 5.41) is 7.03. The molecule has 0 spiro atoms. The van der Waals surface area contributed by atoms with Crippen LogP contribution in [0.15, 0.2) is 53.7 Å². The van der Waals surface area contributed by atoms with Crippen LogP contribution in [0.1, 0.15) is 44.2 Å². The molecule has 1 aliphatic heterocycles. The molecule has 2 unspecified atom stereocenters. The van der Waals surface area contributed by atoms with Crippen LogP contribution in [0.25, 0.3) is 0 Å². The molecule has 0 aliphatic carbocycles. The first-order valence-corrected chi connectivity index (χ1v) is 11.0. The molecule has 7 heteroatoms. The van der Waals surface area contributed by atoms with Crippen molar-refractivity contribution in [3.05, 3.63) is 59.8 Å². The van der Waals surface area contributed by atoms with Crippen molar-refractivity contribution >= 4 is 29.9 Å². The fraction of sp³-hybridized carbons (Fsp3) is 0.500. The minimum atomic E-state index is 0. The molecule has 1 aromatic carbocycles. The molecule has 0 amide bonds. The Morgan fingerprint density at radius 1 is 1.23 bits per heavy atom. The van der Waals surface area contributed by atoms with Gasteiger partial charge in [-0.25, -0.2) is 4.98 Å². The number of aliphatic imine (C=N–C) groups is 1. The molecule has 1 aliphatic rings. The molecule has 0 radical (unpaired) electrons. The quantitative estimate of drug-likeness (QED) is 0.300. The largest absolute Gasteiger partial charge is 0.477 e. The average Bonchev–Trinajstić information content (AvgIpc) is 2.78. The maximum absolute atomic E-state index is 5.76. The SMILES string of the molecule is CCCOc1ncccc1CNC(=NC)NC1CCN(Cc2ccccc2)C(C)C1.I. The number of halogens is 1. The van der Waals surface area contributed by atoms with Crippen LogP contribution in [0.4, 0.5) is 0 Å². The number of pyridine rings is 1. The third-order valence-electron chi connectivity index (χ3n) is 5.55. The minimum Gasteiger partial charge on any atom is -0.477 e. The fourth-order valence-corrected chi connectivity index (χ4v) is 3.86. The van der Waals surface area contributed by atoms with E-state index in [4.69, 9.17) is 4.74 Å².